The summed E-state index contributed by atoms with van der Waals surface area (Å²) < 4.78 is 11.2. The molecular weight excluding hydrogens is 276 g/mol. The quantitative estimate of drug-likeness (QED) is 0.468. The van der Waals surface area contributed by atoms with Crippen molar-refractivity contribution in [3.63, 3.8) is 0 Å². The van der Waals surface area contributed by atoms with Gasteiger partial charge in [-0.05, 0) is 0 Å². The molecule has 1 aliphatic carbocycles. The van der Waals surface area contributed by atoms with Gasteiger partial charge in [-0.1, -0.05) is 10.3 Å². The van der Waals surface area contributed by atoms with Crippen molar-refractivity contribution in [2.75, 3.05) is 26.3 Å². The molecule has 4 rings (SSSR count). The molecule has 3 aliphatic rings. The molecule has 8 heteroatoms. The fourth-order valence-electron chi connectivity index (χ4n) is 4.01. The molecule has 2 atom stereocenters. The highest BCUT2D eigenvalue weighted by atomic mass is 16.6. The van der Waals surface area contributed by atoms with Crippen LogP contribution in [-0.4, -0.2) is 57.8 Å². The summed E-state index contributed by atoms with van der Waals surface area (Å²) in [6.07, 6.45) is 1.40. The number of morpholine rings is 1. The Morgan fingerprint density at radius 2 is 2.05 bits per heavy atom. The lowest BCUT2D eigenvalue weighted by Gasteiger charge is -2.35. The molecule has 1 aromatic rings. The number of hydroxylamine groups is 1. The minimum Gasteiger partial charge on any atom is -0.619 e. The van der Waals surface area contributed by atoms with Crippen LogP contribution in [0.1, 0.15) is 31.2 Å². The van der Waals surface area contributed by atoms with E-state index in [2.05, 4.69) is 10.3 Å². The first-order chi connectivity index (χ1) is 10.1. The Morgan fingerprint density at radius 3 is 2.81 bits per heavy atom. The first-order valence-electron chi connectivity index (χ1n) is 7.36. The zero-order valence-corrected chi connectivity index (χ0v) is 12.0. The lowest BCUT2D eigenvalue weighted by Crippen LogP contribution is -3.22. The molecule has 0 bridgehead atoms. The molecule has 1 aromatic heterocycles. The summed E-state index contributed by atoms with van der Waals surface area (Å²) >= 11 is 0. The Hall–Kier alpha value is -1.51. The third-order valence-electron chi connectivity index (χ3n) is 5.18. The Bertz CT molecular complexity index is 609. The first kappa shape index (κ1) is 13.2. The number of hydrogen-bond donors (Lipinski definition) is 2. The van der Waals surface area contributed by atoms with Crippen molar-refractivity contribution in [1.82, 2.24) is 10.3 Å². The Morgan fingerprint density at radius 1 is 1.29 bits per heavy atom. The standard InChI is InChI=1S/C13H18N4O4/c1-12(16-4-6-20-7-5-16)8-13(18)10(17(12)19)3-2-9-11(13)15-21-14-9/h18H,2-8H2,1H3/p+1/t12-,13-/m1/s1. The molecule has 0 spiro atoms. The summed E-state index contributed by atoms with van der Waals surface area (Å²) in [6, 6.07) is 0. The zero-order valence-electron chi connectivity index (χ0n) is 12.0. The van der Waals surface area contributed by atoms with Crippen LogP contribution in [0.25, 0.3) is 0 Å². The van der Waals surface area contributed by atoms with Gasteiger partial charge in [0.1, 0.15) is 25.2 Å². The second kappa shape index (κ2) is 4.25. The van der Waals surface area contributed by atoms with Gasteiger partial charge in [0.25, 0.3) is 5.66 Å². The fourth-order valence-corrected chi connectivity index (χ4v) is 4.01. The van der Waals surface area contributed by atoms with Crippen molar-refractivity contribution >= 4 is 5.71 Å². The molecule has 21 heavy (non-hydrogen) atoms. The van der Waals surface area contributed by atoms with Crippen LogP contribution in [0.2, 0.25) is 0 Å². The summed E-state index contributed by atoms with van der Waals surface area (Å²) in [5.41, 5.74) is -0.465. The van der Waals surface area contributed by atoms with Crippen molar-refractivity contribution in [3.8, 4) is 0 Å². The predicted octanol–water partition coefficient (Wildman–Crippen LogP) is -1.81. The molecule has 0 unspecified atom stereocenters. The van der Waals surface area contributed by atoms with Crippen LogP contribution in [0.15, 0.2) is 4.63 Å². The number of hydrogen-bond acceptors (Lipinski definition) is 6. The smallest absolute Gasteiger partial charge is 0.298 e. The summed E-state index contributed by atoms with van der Waals surface area (Å²) in [7, 11) is 0. The van der Waals surface area contributed by atoms with E-state index in [1.807, 2.05) is 6.92 Å². The summed E-state index contributed by atoms with van der Waals surface area (Å²) in [6.45, 7) is 4.73. The number of ether oxygens (including phenoxy) is 1. The van der Waals surface area contributed by atoms with Crippen LogP contribution in [0.5, 0.6) is 0 Å². The lowest BCUT2D eigenvalue weighted by molar-refractivity contribution is -1.04. The highest BCUT2D eigenvalue weighted by molar-refractivity contribution is 5.92. The van der Waals surface area contributed by atoms with E-state index in [0.717, 1.165) is 22.7 Å². The monoisotopic (exact) mass is 295 g/mol. The average Bonchev–Trinajstić information content (AvgIpc) is 3.04. The summed E-state index contributed by atoms with van der Waals surface area (Å²) in [4.78, 5) is 1.15. The number of aliphatic hydroxyl groups is 1. The van der Waals surface area contributed by atoms with Crippen molar-refractivity contribution in [2.24, 2.45) is 0 Å². The van der Waals surface area contributed by atoms with Crippen LogP contribution in [0.4, 0.5) is 0 Å². The van der Waals surface area contributed by atoms with Gasteiger partial charge in [0.15, 0.2) is 5.69 Å². The number of aryl methyl sites for hydroxylation is 1. The number of rotatable bonds is 1. The van der Waals surface area contributed by atoms with Gasteiger partial charge in [-0.15, -0.1) is 0 Å². The first-order valence-corrected chi connectivity index (χ1v) is 7.36. The number of nitrogens with one attached hydrogen (secondary N) is 1. The molecule has 2 N–H and O–H groups in total. The third-order valence-corrected chi connectivity index (χ3v) is 5.18. The van der Waals surface area contributed by atoms with Crippen LogP contribution in [0, 0.1) is 5.21 Å². The predicted molar refractivity (Wildman–Crippen MR) is 69.7 cm³/mol. The van der Waals surface area contributed by atoms with Crippen LogP contribution >= 0.6 is 0 Å². The van der Waals surface area contributed by atoms with Crippen molar-refractivity contribution in [1.29, 1.82) is 0 Å². The highest BCUT2D eigenvalue weighted by Crippen LogP contribution is 2.41. The maximum absolute atomic E-state index is 12.9. The van der Waals surface area contributed by atoms with Gasteiger partial charge in [-0.3, -0.25) is 4.90 Å². The number of quaternary nitrogens is 1. The molecular formula is C13H19N4O4+. The van der Waals surface area contributed by atoms with E-state index >= 15 is 0 Å². The summed E-state index contributed by atoms with van der Waals surface area (Å²) in [5.74, 6) is 0. The number of nitrogens with zero attached hydrogens (tertiary/aromatic N) is 3. The minimum absolute atomic E-state index is 0.315. The maximum atomic E-state index is 12.9. The second-order valence-electron chi connectivity index (χ2n) is 6.33. The molecule has 0 radical (unpaired) electrons. The summed E-state index contributed by atoms with van der Waals surface area (Å²) in [5, 5.41) is 31.7. The molecule has 0 saturated carbocycles. The molecule has 0 amide bonds. The van der Waals surface area contributed by atoms with Crippen LogP contribution < -0.4 is 4.90 Å². The molecule has 0 aromatic carbocycles. The second-order valence-corrected chi connectivity index (χ2v) is 6.33. The number of fused-ring (bicyclic) bond motifs is 3. The molecule has 8 nitrogen and oxygen atoms in total. The SMILES string of the molecule is C[C@]1([NH+]2CCOCC2)C[C@@]2(O)C(=[N+]1[O-])CCc1nonc12. The maximum Gasteiger partial charge on any atom is 0.298 e. The van der Waals surface area contributed by atoms with Gasteiger partial charge < -0.3 is 15.1 Å². The van der Waals surface area contributed by atoms with Gasteiger partial charge in [-0.2, -0.15) is 4.74 Å². The van der Waals surface area contributed by atoms with Gasteiger partial charge in [0.05, 0.1) is 20.1 Å². The number of aromatic nitrogens is 2. The van der Waals surface area contributed by atoms with E-state index in [1.165, 1.54) is 0 Å². The van der Waals surface area contributed by atoms with E-state index in [0.29, 0.717) is 49.6 Å². The van der Waals surface area contributed by atoms with Crippen molar-refractivity contribution in [3.05, 3.63) is 16.6 Å². The molecule has 114 valence electrons. The minimum atomic E-state index is -1.34. The Labute approximate surface area is 121 Å². The fraction of sp³-hybridized carbons (Fsp3) is 0.769. The van der Waals surface area contributed by atoms with Gasteiger partial charge >= 0.3 is 0 Å². The van der Waals surface area contributed by atoms with E-state index in [-0.39, 0.29) is 0 Å². The van der Waals surface area contributed by atoms with Gasteiger partial charge in [0.2, 0.25) is 11.3 Å². The Kier molecular flexibility index (Phi) is 2.66. The van der Waals surface area contributed by atoms with E-state index < -0.39 is 11.3 Å². The van der Waals surface area contributed by atoms with Crippen molar-refractivity contribution in [2.45, 2.75) is 37.5 Å². The largest absolute Gasteiger partial charge is 0.619 e. The van der Waals surface area contributed by atoms with E-state index in [9.17, 15) is 10.3 Å². The average molecular weight is 295 g/mol. The Balaban J connectivity index is 1.77. The normalized spacial score (nSPS) is 36.7. The van der Waals surface area contributed by atoms with E-state index in [4.69, 9.17) is 9.37 Å². The molecule has 2 aliphatic heterocycles. The zero-order chi connectivity index (χ0) is 14.7. The van der Waals surface area contributed by atoms with Crippen molar-refractivity contribution < 1.29 is 24.1 Å². The van der Waals surface area contributed by atoms with Crippen LogP contribution in [-0.2, 0) is 16.8 Å². The molecule has 3 heterocycles. The van der Waals surface area contributed by atoms with E-state index in [1.54, 1.807) is 0 Å². The van der Waals surface area contributed by atoms with Gasteiger partial charge in [0, 0.05) is 12.8 Å². The van der Waals surface area contributed by atoms with Gasteiger partial charge in [-0.25, -0.2) is 4.63 Å². The third kappa shape index (κ3) is 1.63. The molecule has 1 fully saturated rings. The topological polar surface area (TPSA) is 98.9 Å². The highest BCUT2D eigenvalue weighted by Gasteiger charge is 2.65. The van der Waals surface area contributed by atoms with Crippen LogP contribution in [0.3, 0.4) is 0 Å². The lowest BCUT2D eigenvalue weighted by atomic mass is 9.81. The molecule has 1 saturated heterocycles.